The first-order chi connectivity index (χ1) is 19.2. The van der Waals surface area contributed by atoms with Crippen LogP contribution in [0.15, 0.2) is 67.3 Å². The number of phenolic OH excluding ortho intramolecular Hbond substituents is 1. The van der Waals surface area contributed by atoms with Crippen LogP contribution in [0.3, 0.4) is 0 Å². The summed E-state index contributed by atoms with van der Waals surface area (Å²) in [6.45, 7) is 4.12. The zero-order chi connectivity index (χ0) is 28.1. The number of nitrogens with zero attached hydrogens (tertiary/aromatic N) is 1. The molecule has 4 N–H and O–H groups in total. The molecular weight excluding hydrogens is 532 g/mol. The third-order valence-electron chi connectivity index (χ3n) is 7.80. The summed E-state index contributed by atoms with van der Waals surface area (Å²) in [6, 6.07) is 15.8. The number of sulfonamides is 1. The zero-order valence-electron chi connectivity index (χ0n) is 21.7. The van der Waals surface area contributed by atoms with Crippen molar-refractivity contribution in [1.82, 2.24) is 20.3 Å². The van der Waals surface area contributed by atoms with Gasteiger partial charge in [0, 0.05) is 29.8 Å². The van der Waals surface area contributed by atoms with E-state index >= 15 is 0 Å². The maximum absolute atomic E-state index is 13.2. The van der Waals surface area contributed by atoms with Crippen molar-refractivity contribution in [2.75, 3.05) is 6.54 Å². The largest absolute Gasteiger partial charge is 0.508 e. The van der Waals surface area contributed by atoms with Gasteiger partial charge >= 0.3 is 0 Å². The third kappa shape index (κ3) is 5.02. The number of phenols is 1. The first-order valence-corrected chi connectivity index (χ1v) is 14.8. The van der Waals surface area contributed by atoms with Gasteiger partial charge in [0.2, 0.25) is 21.8 Å². The molecule has 2 saturated carbocycles. The Hall–Kier alpha value is -3.96. The molecule has 0 bridgehead atoms. The molecule has 10 nitrogen and oxygen atoms in total. The van der Waals surface area contributed by atoms with E-state index in [1.54, 1.807) is 30.3 Å². The number of rotatable bonds is 9. The van der Waals surface area contributed by atoms with Crippen LogP contribution >= 0.6 is 0 Å². The Bertz CT molecular complexity index is 1600. The van der Waals surface area contributed by atoms with Gasteiger partial charge in [-0.25, -0.2) is 13.4 Å². The summed E-state index contributed by atoms with van der Waals surface area (Å²) in [5, 5.41) is 16.8. The second-order valence-corrected chi connectivity index (χ2v) is 12.7. The minimum absolute atomic E-state index is 0.164. The van der Waals surface area contributed by atoms with Crippen molar-refractivity contribution >= 4 is 32.6 Å². The zero-order valence-corrected chi connectivity index (χ0v) is 22.5. The molecule has 1 saturated heterocycles. The molecule has 0 radical (unpaired) electrons. The molecule has 2 aliphatic carbocycles. The van der Waals surface area contributed by atoms with Crippen molar-refractivity contribution in [3.05, 3.63) is 67.3 Å². The van der Waals surface area contributed by atoms with Crippen molar-refractivity contribution in [1.29, 1.82) is 0 Å². The van der Waals surface area contributed by atoms with Gasteiger partial charge in [0.15, 0.2) is 0 Å². The van der Waals surface area contributed by atoms with E-state index in [9.17, 15) is 23.1 Å². The quantitative estimate of drug-likeness (QED) is 0.291. The van der Waals surface area contributed by atoms with E-state index in [1.807, 2.05) is 30.3 Å². The highest BCUT2D eigenvalue weighted by Gasteiger charge is 2.61. The molecule has 0 spiro atoms. The number of hydrogen-bond acceptors (Lipinski definition) is 8. The maximum atomic E-state index is 13.2. The van der Waals surface area contributed by atoms with Gasteiger partial charge in [0.25, 0.3) is 5.91 Å². The van der Waals surface area contributed by atoms with E-state index in [4.69, 9.17) is 9.72 Å². The van der Waals surface area contributed by atoms with E-state index in [2.05, 4.69) is 21.9 Å². The fourth-order valence-corrected chi connectivity index (χ4v) is 6.57. The number of pyridine rings is 1. The Labute approximate surface area is 231 Å². The van der Waals surface area contributed by atoms with E-state index < -0.39 is 38.7 Å². The Kier molecular flexibility index (Phi) is 6.50. The summed E-state index contributed by atoms with van der Waals surface area (Å²) >= 11 is 0. The van der Waals surface area contributed by atoms with Crippen LogP contribution < -0.4 is 20.1 Å². The Balaban J connectivity index is 1.16. The van der Waals surface area contributed by atoms with Crippen LogP contribution in [0.2, 0.25) is 0 Å². The number of aromatic hydroxyl groups is 1. The number of amides is 2. The lowest BCUT2D eigenvalue weighted by molar-refractivity contribution is -0.130. The van der Waals surface area contributed by atoms with Gasteiger partial charge in [-0.3, -0.25) is 14.3 Å². The van der Waals surface area contributed by atoms with Gasteiger partial charge in [-0.2, -0.15) is 0 Å². The average molecular weight is 563 g/mol. The molecule has 1 aromatic heterocycles. The van der Waals surface area contributed by atoms with Gasteiger partial charge in [0.1, 0.15) is 17.4 Å². The Morgan fingerprint density at radius 1 is 1.15 bits per heavy atom. The summed E-state index contributed by atoms with van der Waals surface area (Å²) in [4.78, 5) is 30.9. The fourth-order valence-electron chi connectivity index (χ4n) is 5.21. The molecular formula is C29H30N4O6S. The van der Waals surface area contributed by atoms with Crippen LogP contribution in [0.25, 0.3) is 22.0 Å². The standard InChI is InChI=1S/C29H30N4O6S/c1-2-19-15-29(19,28(36)33-40(37,38)22-11-12-22)32-26(35)25-14-21(16-30-25)39-27-23-6-4-3-5-18(23)13-24(31-27)17-7-9-20(34)10-8-17/h2-10,13,19,21-22,25,30,34H,1,11-12,14-16H2,(H,32,35)(H,33,36)/t19-,21-,25+,29-/m1/s1. The number of carbonyl (C=O) groups is 2. The van der Waals surface area contributed by atoms with Crippen LogP contribution in [-0.2, 0) is 19.6 Å². The summed E-state index contributed by atoms with van der Waals surface area (Å²) in [5.41, 5.74) is 0.188. The molecule has 0 unspecified atom stereocenters. The van der Waals surface area contributed by atoms with Crippen LogP contribution in [0.5, 0.6) is 11.6 Å². The van der Waals surface area contributed by atoms with Gasteiger partial charge in [0.05, 0.1) is 17.0 Å². The molecule has 3 aromatic rings. The monoisotopic (exact) mass is 562 g/mol. The second-order valence-electron chi connectivity index (χ2n) is 10.7. The number of fused-ring (bicyclic) bond motifs is 1. The predicted octanol–water partition coefficient (Wildman–Crippen LogP) is 2.39. The lowest BCUT2D eigenvalue weighted by Gasteiger charge is -2.21. The smallest absolute Gasteiger partial charge is 0.259 e. The van der Waals surface area contributed by atoms with Crippen molar-refractivity contribution in [2.45, 2.75) is 48.6 Å². The van der Waals surface area contributed by atoms with Crippen LogP contribution in [-0.4, -0.2) is 59.8 Å². The molecule has 1 aliphatic heterocycles. The first-order valence-electron chi connectivity index (χ1n) is 13.3. The maximum Gasteiger partial charge on any atom is 0.259 e. The van der Waals surface area contributed by atoms with Crippen molar-refractivity contribution in [3.8, 4) is 22.9 Å². The molecule has 208 valence electrons. The van der Waals surface area contributed by atoms with Gasteiger partial charge in [-0.1, -0.05) is 24.3 Å². The number of aromatic nitrogens is 1. The second kappa shape index (κ2) is 9.90. The van der Waals surface area contributed by atoms with Crippen molar-refractivity contribution in [3.63, 3.8) is 0 Å². The fraction of sp³-hybridized carbons (Fsp3) is 0.345. The van der Waals surface area contributed by atoms with Crippen LogP contribution in [0, 0.1) is 5.92 Å². The minimum atomic E-state index is -3.74. The molecule has 6 rings (SSSR count). The summed E-state index contributed by atoms with van der Waals surface area (Å²) in [6.07, 6.45) is 2.89. The molecule has 40 heavy (non-hydrogen) atoms. The lowest BCUT2D eigenvalue weighted by Crippen LogP contribution is -2.55. The number of hydrogen-bond donors (Lipinski definition) is 4. The summed E-state index contributed by atoms with van der Waals surface area (Å²) < 4.78 is 33.2. The van der Waals surface area contributed by atoms with Crippen molar-refractivity contribution < 1.29 is 27.9 Å². The molecule has 2 amide bonds. The number of ether oxygens (including phenoxy) is 1. The lowest BCUT2D eigenvalue weighted by atomic mass is 10.1. The molecule has 4 atom stereocenters. The highest BCUT2D eigenvalue weighted by molar-refractivity contribution is 7.91. The third-order valence-corrected chi connectivity index (χ3v) is 9.62. The normalized spacial score (nSPS) is 25.8. The topological polar surface area (TPSA) is 147 Å². The summed E-state index contributed by atoms with van der Waals surface area (Å²) in [7, 11) is -3.74. The number of benzene rings is 2. The Morgan fingerprint density at radius 3 is 2.60 bits per heavy atom. The van der Waals surface area contributed by atoms with Crippen molar-refractivity contribution in [2.24, 2.45) is 5.92 Å². The molecule has 3 aliphatic rings. The SMILES string of the molecule is C=C[C@@H]1C[C@]1(NC(=O)[C@@H]1C[C@@H](Oc2nc(-c3ccc(O)cc3)cc3ccccc23)CN1)C(=O)NS(=O)(=O)C1CC1. The number of carbonyl (C=O) groups excluding carboxylic acids is 2. The minimum Gasteiger partial charge on any atom is -0.508 e. The van der Waals surface area contributed by atoms with E-state index in [1.165, 1.54) is 0 Å². The highest BCUT2D eigenvalue weighted by atomic mass is 32.2. The van der Waals surface area contributed by atoms with E-state index in [0.29, 0.717) is 43.8 Å². The van der Waals surface area contributed by atoms with Crippen LogP contribution in [0.1, 0.15) is 25.7 Å². The van der Waals surface area contributed by atoms with Crippen LogP contribution in [0.4, 0.5) is 0 Å². The van der Waals surface area contributed by atoms with Gasteiger partial charge in [-0.15, -0.1) is 6.58 Å². The van der Waals surface area contributed by atoms with E-state index in [0.717, 1.165) is 16.3 Å². The molecule has 2 heterocycles. The average Bonchev–Trinajstić information content (AvgIpc) is 3.86. The van der Waals surface area contributed by atoms with E-state index in [-0.39, 0.29) is 17.8 Å². The molecule has 11 heteroatoms. The first kappa shape index (κ1) is 26.3. The molecule has 2 aromatic carbocycles. The summed E-state index contributed by atoms with van der Waals surface area (Å²) in [5.74, 6) is -0.867. The molecule has 3 fully saturated rings. The number of nitrogens with one attached hydrogen (secondary N) is 3. The predicted molar refractivity (Wildman–Crippen MR) is 149 cm³/mol. The highest BCUT2D eigenvalue weighted by Crippen LogP contribution is 2.45. The van der Waals surface area contributed by atoms with Gasteiger partial charge in [-0.05, 0) is 61.0 Å². The van der Waals surface area contributed by atoms with Gasteiger partial charge < -0.3 is 20.5 Å². The Morgan fingerprint density at radius 2 is 1.90 bits per heavy atom.